The first-order chi connectivity index (χ1) is 16.3. The Morgan fingerprint density at radius 3 is 2.18 bits per heavy atom. The van der Waals surface area contributed by atoms with Crippen molar-refractivity contribution < 1.29 is 13.2 Å². The number of nitrogens with zero attached hydrogens (tertiary/aromatic N) is 1. The molecule has 0 aliphatic carbocycles. The van der Waals surface area contributed by atoms with Crippen LogP contribution in [-0.2, 0) is 21.4 Å². The van der Waals surface area contributed by atoms with Gasteiger partial charge in [0.05, 0.1) is 4.90 Å². The first-order valence-electron chi connectivity index (χ1n) is 11.6. The summed E-state index contributed by atoms with van der Waals surface area (Å²) in [6, 6.07) is 22.0. The van der Waals surface area contributed by atoms with Gasteiger partial charge < -0.3 is 5.32 Å². The van der Waals surface area contributed by atoms with Crippen molar-refractivity contribution in [1.29, 1.82) is 0 Å². The van der Waals surface area contributed by atoms with Crippen LogP contribution in [0.15, 0.2) is 77.7 Å². The van der Waals surface area contributed by atoms with Crippen molar-refractivity contribution in [1.82, 2.24) is 4.90 Å². The van der Waals surface area contributed by atoms with E-state index in [1.165, 1.54) is 23.3 Å². The topological polar surface area (TPSA) is 78.5 Å². The fourth-order valence-corrected chi connectivity index (χ4v) is 5.28. The number of hydrogen-bond acceptors (Lipinski definition) is 4. The van der Waals surface area contributed by atoms with Crippen molar-refractivity contribution in [3.63, 3.8) is 0 Å². The van der Waals surface area contributed by atoms with E-state index in [1.54, 1.807) is 24.3 Å². The number of aryl methyl sites for hydroxylation is 2. The lowest BCUT2D eigenvalue weighted by Crippen LogP contribution is -2.37. The standard InChI is InChI=1S/C27H31N3O3S/c1-20-6-8-25(9-7-20)29-34(32,33)26-12-10-24(11-13-26)28-27(31)23-14-16-30(17-15-23)19-22-5-3-4-21(2)18-22/h3-13,18,23,29H,14-17,19H2,1-2H3,(H,28,31). The van der Waals surface area contributed by atoms with Crippen molar-refractivity contribution in [2.45, 2.75) is 38.1 Å². The first-order valence-corrected chi connectivity index (χ1v) is 13.1. The highest BCUT2D eigenvalue weighted by molar-refractivity contribution is 7.92. The number of rotatable bonds is 7. The third-order valence-electron chi connectivity index (χ3n) is 6.18. The minimum absolute atomic E-state index is 0.0106. The lowest BCUT2D eigenvalue weighted by molar-refractivity contribution is -0.121. The maximum atomic E-state index is 12.8. The molecular formula is C27H31N3O3S. The van der Waals surface area contributed by atoms with Gasteiger partial charge in [0.15, 0.2) is 0 Å². The molecule has 6 nitrogen and oxygen atoms in total. The molecule has 1 saturated heterocycles. The normalized spacial score (nSPS) is 15.1. The van der Waals surface area contributed by atoms with Crippen LogP contribution in [0, 0.1) is 19.8 Å². The monoisotopic (exact) mass is 477 g/mol. The zero-order chi connectivity index (χ0) is 24.1. The van der Waals surface area contributed by atoms with E-state index in [-0.39, 0.29) is 16.7 Å². The van der Waals surface area contributed by atoms with Crippen molar-refractivity contribution in [2.24, 2.45) is 5.92 Å². The Kier molecular flexibility index (Phi) is 7.34. The second kappa shape index (κ2) is 10.4. The number of likely N-dealkylation sites (tertiary alicyclic amines) is 1. The van der Waals surface area contributed by atoms with E-state index >= 15 is 0 Å². The molecule has 3 aromatic carbocycles. The van der Waals surface area contributed by atoms with Gasteiger partial charge >= 0.3 is 0 Å². The van der Waals surface area contributed by atoms with E-state index in [1.807, 2.05) is 19.1 Å². The molecule has 1 heterocycles. The molecule has 0 radical (unpaired) electrons. The van der Waals surface area contributed by atoms with Crippen LogP contribution in [0.5, 0.6) is 0 Å². The second-order valence-electron chi connectivity index (χ2n) is 9.02. The van der Waals surface area contributed by atoms with Gasteiger partial charge in [-0.15, -0.1) is 0 Å². The summed E-state index contributed by atoms with van der Waals surface area (Å²) in [5, 5.41) is 2.95. The third-order valence-corrected chi connectivity index (χ3v) is 7.58. The fourth-order valence-electron chi connectivity index (χ4n) is 4.22. The smallest absolute Gasteiger partial charge is 0.261 e. The summed E-state index contributed by atoms with van der Waals surface area (Å²) in [6.07, 6.45) is 1.62. The largest absolute Gasteiger partial charge is 0.326 e. The predicted octanol–water partition coefficient (Wildman–Crippen LogP) is 4.95. The zero-order valence-electron chi connectivity index (χ0n) is 19.6. The summed E-state index contributed by atoms with van der Waals surface area (Å²) < 4.78 is 27.9. The van der Waals surface area contributed by atoms with Gasteiger partial charge in [-0.05, 0) is 81.7 Å². The molecule has 4 rings (SSSR count). The van der Waals surface area contributed by atoms with Gasteiger partial charge in [0.1, 0.15) is 0 Å². The molecule has 1 aliphatic heterocycles. The van der Waals surface area contributed by atoms with Gasteiger partial charge in [0.25, 0.3) is 10.0 Å². The second-order valence-corrected chi connectivity index (χ2v) is 10.7. The van der Waals surface area contributed by atoms with E-state index in [4.69, 9.17) is 0 Å². The summed E-state index contributed by atoms with van der Waals surface area (Å²) in [6.45, 7) is 6.72. The Morgan fingerprint density at radius 2 is 1.53 bits per heavy atom. The van der Waals surface area contributed by atoms with Gasteiger partial charge in [-0.3, -0.25) is 14.4 Å². The number of carbonyl (C=O) groups excluding carboxylic acids is 1. The lowest BCUT2D eigenvalue weighted by atomic mass is 9.95. The summed E-state index contributed by atoms with van der Waals surface area (Å²) in [7, 11) is -3.69. The molecule has 0 unspecified atom stereocenters. The Hall–Kier alpha value is -3.16. The highest BCUT2D eigenvalue weighted by atomic mass is 32.2. The molecule has 0 aromatic heterocycles. The number of sulfonamides is 1. The predicted molar refractivity (Wildman–Crippen MR) is 136 cm³/mol. The van der Waals surface area contributed by atoms with E-state index in [0.29, 0.717) is 11.4 Å². The highest BCUT2D eigenvalue weighted by Crippen LogP contribution is 2.23. The molecule has 3 aromatic rings. The van der Waals surface area contributed by atoms with Gasteiger partial charge in [0, 0.05) is 23.8 Å². The number of nitrogens with one attached hydrogen (secondary N) is 2. The molecule has 1 amide bonds. The Morgan fingerprint density at radius 1 is 0.882 bits per heavy atom. The van der Waals surface area contributed by atoms with Gasteiger partial charge in [0.2, 0.25) is 5.91 Å². The van der Waals surface area contributed by atoms with Gasteiger partial charge in [-0.2, -0.15) is 0 Å². The van der Waals surface area contributed by atoms with Crippen LogP contribution in [0.1, 0.15) is 29.5 Å². The number of benzene rings is 3. The maximum absolute atomic E-state index is 12.8. The van der Waals surface area contributed by atoms with Crippen molar-refractivity contribution in [3.05, 3.63) is 89.5 Å². The molecule has 0 saturated carbocycles. The van der Waals surface area contributed by atoms with E-state index < -0.39 is 10.0 Å². The quantitative estimate of drug-likeness (QED) is 0.504. The van der Waals surface area contributed by atoms with Gasteiger partial charge in [-0.25, -0.2) is 8.42 Å². The van der Waals surface area contributed by atoms with Crippen LogP contribution >= 0.6 is 0 Å². The van der Waals surface area contributed by atoms with E-state index in [0.717, 1.165) is 38.0 Å². The number of amides is 1. The SMILES string of the molecule is Cc1ccc(NS(=O)(=O)c2ccc(NC(=O)C3CCN(Cc4cccc(C)c4)CC3)cc2)cc1. The third kappa shape index (κ3) is 6.24. The molecule has 0 bridgehead atoms. The van der Waals surface area contributed by atoms with E-state index in [2.05, 4.69) is 46.1 Å². The molecule has 2 N–H and O–H groups in total. The zero-order valence-corrected chi connectivity index (χ0v) is 20.4. The van der Waals surface area contributed by atoms with Crippen molar-refractivity contribution in [3.8, 4) is 0 Å². The fraction of sp³-hybridized carbons (Fsp3) is 0.296. The minimum Gasteiger partial charge on any atom is -0.326 e. The Bertz CT molecular complexity index is 1230. The minimum atomic E-state index is -3.69. The Balaban J connectivity index is 1.29. The lowest BCUT2D eigenvalue weighted by Gasteiger charge is -2.31. The van der Waals surface area contributed by atoms with E-state index in [9.17, 15) is 13.2 Å². The van der Waals surface area contributed by atoms with Crippen LogP contribution < -0.4 is 10.0 Å². The first kappa shape index (κ1) is 24.0. The number of anilines is 2. The van der Waals surface area contributed by atoms with Crippen molar-refractivity contribution in [2.75, 3.05) is 23.1 Å². The molecule has 34 heavy (non-hydrogen) atoms. The molecule has 0 atom stereocenters. The molecule has 0 spiro atoms. The van der Waals surface area contributed by atoms with Gasteiger partial charge in [-0.1, -0.05) is 47.5 Å². The van der Waals surface area contributed by atoms with Crippen molar-refractivity contribution >= 4 is 27.3 Å². The average Bonchev–Trinajstić information content (AvgIpc) is 2.81. The maximum Gasteiger partial charge on any atom is 0.261 e. The summed E-state index contributed by atoms with van der Waals surface area (Å²) in [4.78, 5) is 15.3. The van der Waals surface area contributed by atoms with Crippen LogP contribution in [0.2, 0.25) is 0 Å². The summed E-state index contributed by atoms with van der Waals surface area (Å²) in [5.74, 6) is -0.0519. The highest BCUT2D eigenvalue weighted by Gasteiger charge is 2.25. The molecule has 1 aliphatic rings. The number of hydrogen-bond donors (Lipinski definition) is 2. The van der Waals surface area contributed by atoms with Crippen LogP contribution in [0.4, 0.5) is 11.4 Å². The summed E-state index contributed by atoms with van der Waals surface area (Å²) >= 11 is 0. The number of piperidine rings is 1. The number of carbonyl (C=O) groups is 1. The van der Waals surface area contributed by atoms with Crippen LogP contribution in [0.25, 0.3) is 0 Å². The molecule has 1 fully saturated rings. The average molecular weight is 478 g/mol. The Labute approximate surface area is 202 Å². The molecule has 178 valence electrons. The molecular weight excluding hydrogens is 446 g/mol. The summed E-state index contributed by atoms with van der Waals surface area (Å²) in [5.41, 5.74) is 4.73. The van der Waals surface area contributed by atoms with Crippen LogP contribution in [0.3, 0.4) is 0 Å². The molecule has 7 heteroatoms. The van der Waals surface area contributed by atoms with Crippen LogP contribution in [-0.4, -0.2) is 32.3 Å².